The summed E-state index contributed by atoms with van der Waals surface area (Å²) in [5.41, 5.74) is 4.12. The highest BCUT2D eigenvalue weighted by Gasteiger charge is 2.30. The number of carbonyl (C=O) groups is 1. The number of fused-ring (bicyclic) bond motifs is 1. The third-order valence-electron chi connectivity index (χ3n) is 4.84. The molecule has 0 bridgehead atoms. The van der Waals surface area contributed by atoms with Gasteiger partial charge in [-0.15, -0.1) is 0 Å². The molecule has 6 nitrogen and oxygen atoms in total. The molecule has 0 atom stereocenters. The molecule has 4 rings (SSSR count). The number of rotatable bonds is 4. The Kier molecular flexibility index (Phi) is 5.57. The fourth-order valence-corrected chi connectivity index (χ4v) is 3.74. The molecule has 2 heterocycles. The van der Waals surface area contributed by atoms with Crippen LogP contribution in [0.4, 0.5) is 5.69 Å². The minimum atomic E-state index is -0.401. The monoisotopic (exact) mass is 406 g/mol. The highest BCUT2D eigenvalue weighted by atomic mass is 32.1. The van der Waals surface area contributed by atoms with E-state index in [-0.39, 0.29) is 0 Å². The lowest BCUT2D eigenvalue weighted by Crippen LogP contribution is -2.39. The minimum absolute atomic E-state index is 0.309. The summed E-state index contributed by atoms with van der Waals surface area (Å²) in [5, 5.41) is 8.51. The number of esters is 1. The number of thiocarbonyl (C=S) groups is 1. The van der Waals surface area contributed by atoms with Crippen molar-refractivity contribution in [2.75, 3.05) is 18.5 Å². The summed E-state index contributed by atoms with van der Waals surface area (Å²) in [7, 11) is 0. The minimum Gasteiger partial charge on any atom is -0.461 e. The molecule has 148 valence electrons. The molecule has 0 radical (unpaired) electrons. The Labute approximate surface area is 175 Å². The quantitative estimate of drug-likeness (QED) is 0.525. The Morgan fingerprint density at radius 2 is 1.83 bits per heavy atom. The SMILES string of the molecule is CCOC(=O)c1nn(-c2ccccc2)c2c1CN(C(=S)Nc1ccccc1)CC2. The number of hydrogen-bond donors (Lipinski definition) is 1. The van der Waals surface area contributed by atoms with Crippen LogP contribution in [0.3, 0.4) is 0 Å². The number of aromatic nitrogens is 2. The number of carbonyl (C=O) groups excluding carboxylic acids is 1. The van der Waals surface area contributed by atoms with E-state index in [0.29, 0.717) is 24.0 Å². The molecular formula is C22H22N4O2S. The van der Waals surface area contributed by atoms with Gasteiger partial charge in [-0.2, -0.15) is 5.10 Å². The number of ether oxygens (including phenoxy) is 1. The van der Waals surface area contributed by atoms with Gasteiger partial charge in [-0.3, -0.25) is 0 Å². The van der Waals surface area contributed by atoms with Crippen molar-refractivity contribution < 1.29 is 9.53 Å². The van der Waals surface area contributed by atoms with Gasteiger partial charge in [0.25, 0.3) is 0 Å². The molecule has 1 aliphatic rings. The third kappa shape index (κ3) is 4.00. The van der Waals surface area contributed by atoms with E-state index in [2.05, 4.69) is 15.3 Å². The standard InChI is InChI=1S/C22H22N4O2S/c1-2-28-21(27)20-18-15-25(22(29)23-16-9-5-3-6-10-16)14-13-19(18)26(24-20)17-11-7-4-8-12-17/h3-12H,2,13-15H2,1H3,(H,23,29). The fraction of sp³-hybridized carbons (Fsp3) is 0.227. The van der Waals surface area contributed by atoms with Crippen molar-refractivity contribution >= 4 is 29.0 Å². The summed E-state index contributed by atoms with van der Waals surface area (Å²) in [4.78, 5) is 14.6. The normalized spacial score (nSPS) is 12.9. The fourth-order valence-electron chi connectivity index (χ4n) is 3.46. The van der Waals surface area contributed by atoms with Crippen LogP contribution in [-0.2, 0) is 17.7 Å². The second-order valence-corrected chi connectivity index (χ2v) is 7.10. The zero-order chi connectivity index (χ0) is 20.2. The van der Waals surface area contributed by atoms with Crippen molar-refractivity contribution in [3.63, 3.8) is 0 Å². The van der Waals surface area contributed by atoms with Crippen molar-refractivity contribution in [3.8, 4) is 5.69 Å². The number of benzene rings is 2. The van der Waals surface area contributed by atoms with Gasteiger partial charge in [0.1, 0.15) is 0 Å². The zero-order valence-electron chi connectivity index (χ0n) is 16.2. The maximum atomic E-state index is 12.6. The lowest BCUT2D eigenvalue weighted by atomic mass is 10.1. The van der Waals surface area contributed by atoms with E-state index >= 15 is 0 Å². The predicted octanol–water partition coefficient (Wildman–Crippen LogP) is 3.80. The second-order valence-electron chi connectivity index (χ2n) is 6.71. The van der Waals surface area contributed by atoms with Gasteiger partial charge in [0.15, 0.2) is 10.8 Å². The molecule has 1 aliphatic heterocycles. The van der Waals surface area contributed by atoms with Crippen LogP contribution >= 0.6 is 12.2 Å². The van der Waals surface area contributed by atoms with Crippen LogP contribution in [0.5, 0.6) is 0 Å². The summed E-state index contributed by atoms with van der Waals surface area (Å²) in [5.74, 6) is -0.401. The molecule has 29 heavy (non-hydrogen) atoms. The molecule has 0 saturated heterocycles. The van der Waals surface area contributed by atoms with E-state index in [9.17, 15) is 4.79 Å². The Morgan fingerprint density at radius 3 is 2.52 bits per heavy atom. The molecule has 0 aliphatic carbocycles. The van der Waals surface area contributed by atoms with Crippen LogP contribution < -0.4 is 5.32 Å². The third-order valence-corrected chi connectivity index (χ3v) is 5.20. The van der Waals surface area contributed by atoms with E-state index in [1.54, 1.807) is 6.92 Å². The van der Waals surface area contributed by atoms with E-state index in [1.165, 1.54) is 0 Å². The molecule has 7 heteroatoms. The van der Waals surface area contributed by atoms with Gasteiger partial charge in [0, 0.05) is 30.8 Å². The predicted molar refractivity (Wildman–Crippen MR) is 116 cm³/mol. The van der Waals surface area contributed by atoms with Gasteiger partial charge >= 0.3 is 5.97 Å². The van der Waals surface area contributed by atoms with E-state index in [4.69, 9.17) is 17.0 Å². The number of para-hydroxylation sites is 2. The van der Waals surface area contributed by atoms with Gasteiger partial charge in [0.05, 0.1) is 18.0 Å². The Hall–Kier alpha value is -3.19. The number of nitrogens with one attached hydrogen (secondary N) is 1. The topological polar surface area (TPSA) is 59.4 Å². The lowest BCUT2D eigenvalue weighted by Gasteiger charge is -2.30. The maximum absolute atomic E-state index is 12.6. The van der Waals surface area contributed by atoms with Gasteiger partial charge < -0.3 is 15.0 Å². The van der Waals surface area contributed by atoms with Gasteiger partial charge in [0.2, 0.25) is 0 Å². The summed E-state index contributed by atoms with van der Waals surface area (Å²) >= 11 is 5.62. The maximum Gasteiger partial charge on any atom is 0.359 e. The van der Waals surface area contributed by atoms with Crippen molar-refractivity contribution in [1.29, 1.82) is 0 Å². The average Bonchev–Trinajstić information content (AvgIpc) is 3.14. The van der Waals surface area contributed by atoms with Crippen LogP contribution in [0.15, 0.2) is 60.7 Å². The van der Waals surface area contributed by atoms with Crippen molar-refractivity contribution in [2.24, 2.45) is 0 Å². The Morgan fingerprint density at radius 1 is 1.14 bits per heavy atom. The van der Waals surface area contributed by atoms with Crippen molar-refractivity contribution in [2.45, 2.75) is 19.9 Å². The van der Waals surface area contributed by atoms with Gasteiger partial charge in [-0.05, 0) is 43.4 Å². The van der Waals surface area contributed by atoms with Crippen LogP contribution in [0.2, 0.25) is 0 Å². The summed E-state index contributed by atoms with van der Waals surface area (Å²) in [6, 6.07) is 19.7. The zero-order valence-corrected chi connectivity index (χ0v) is 17.0. The van der Waals surface area contributed by atoms with Crippen molar-refractivity contribution in [3.05, 3.63) is 77.6 Å². The lowest BCUT2D eigenvalue weighted by molar-refractivity contribution is 0.0517. The molecule has 3 aromatic rings. The molecule has 1 N–H and O–H groups in total. The van der Waals surface area contributed by atoms with Crippen LogP contribution in [0.25, 0.3) is 5.69 Å². The molecule has 1 aromatic heterocycles. The van der Waals surface area contributed by atoms with Gasteiger partial charge in [-0.1, -0.05) is 36.4 Å². The van der Waals surface area contributed by atoms with E-state index in [1.807, 2.05) is 65.3 Å². The smallest absolute Gasteiger partial charge is 0.359 e. The first-order chi connectivity index (χ1) is 14.2. The molecule has 2 aromatic carbocycles. The molecule has 0 amide bonds. The summed E-state index contributed by atoms with van der Waals surface area (Å²) in [6.07, 6.45) is 0.729. The highest BCUT2D eigenvalue weighted by molar-refractivity contribution is 7.80. The van der Waals surface area contributed by atoms with E-state index in [0.717, 1.165) is 35.6 Å². The Balaban J connectivity index is 1.64. The van der Waals surface area contributed by atoms with Crippen LogP contribution in [-0.4, -0.2) is 38.9 Å². The first kappa shape index (κ1) is 19.1. The first-order valence-corrected chi connectivity index (χ1v) is 10.0. The summed E-state index contributed by atoms with van der Waals surface area (Å²) in [6.45, 7) is 3.36. The number of anilines is 1. The van der Waals surface area contributed by atoms with Crippen molar-refractivity contribution in [1.82, 2.24) is 14.7 Å². The highest BCUT2D eigenvalue weighted by Crippen LogP contribution is 2.26. The molecule has 0 spiro atoms. The number of nitrogens with zero attached hydrogens (tertiary/aromatic N) is 3. The molecule has 0 unspecified atom stereocenters. The first-order valence-electron chi connectivity index (χ1n) is 9.61. The number of hydrogen-bond acceptors (Lipinski definition) is 4. The van der Waals surface area contributed by atoms with Crippen LogP contribution in [0, 0.1) is 0 Å². The molecule has 0 saturated carbocycles. The molecule has 0 fully saturated rings. The Bertz CT molecular complexity index is 1020. The van der Waals surface area contributed by atoms with Gasteiger partial charge in [-0.25, -0.2) is 9.48 Å². The average molecular weight is 407 g/mol. The molecular weight excluding hydrogens is 384 g/mol. The second kappa shape index (κ2) is 8.45. The van der Waals surface area contributed by atoms with E-state index < -0.39 is 5.97 Å². The summed E-state index contributed by atoms with van der Waals surface area (Å²) < 4.78 is 7.11. The van der Waals surface area contributed by atoms with Crippen LogP contribution in [0.1, 0.15) is 28.7 Å². The largest absolute Gasteiger partial charge is 0.461 e.